The Balaban J connectivity index is 1.80. The highest BCUT2D eigenvalue weighted by Crippen LogP contribution is 2.36. The second-order valence-electron chi connectivity index (χ2n) is 5.56. The molecule has 1 fully saturated rings. The standard InChI is InChI=1S/C15H22FNO2/c16-13-5-3-12(4-6-13)14(19)9-17-10-15(11-18)7-1-2-8-15/h3-6,14,17-19H,1-2,7-11H2. The molecule has 106 valence electrons. The fraction of sp³-hybridized carbons (Fsp3) is 0.600. The van der Waals surface area contributed by atoms with Gasteiger partial charge in [0.05, 0.1) is 6.10 Å². The second kappa shape index (κ2) is 6.46. The van der Waals surface area contributed by atoms with Crippen LogP contribution in [0.3, 0.4) is 0 Å². The van der Waals surface area contributed by atoms with Crippen LogP contribution in [0.4, 0.5) is 4.39 Å². The van der Waals surface area contributed by atoms with Crippen molar-refractivity contribution < 1.29 is 14.6 Å². The minimum absolute atomic E-state index is 0.0114. The number of hydrogen-bond donors (Lipinski definition) is 3. The summed E-state index contributed by atoms with van der Waals surface area (Å²) in [6.07, 6.45) is 3.79. The van der Waals surface area contributed by atoms with Crippen molar-refractivity contribution in [2.24, 2.45) is 5.41 Å². The molecule has 0 radical (unpaired) electrons. The summed E-state index contributed by atoms with van der Waals surface area (Å²) in [7, 11) is 0. The molecule has 0 bridgehead atoms. The van der Waals surface area contributed by atoms with E-state index in [0.29, 0.717) is 12.1 Å². The molecule has 4 heteroatoms. The molecule has 1 aliphatic carbocycles. The van der Waals surface area contributed by atoms with Crippen molar-refractivity contribution in [3.63, 3.8) is 0 Å². The number of hydrogen-bond acceptors (Lipinski definition) is 3. The van der Waals surface area contributed by atoms with Crippen molar-refractivity contribution >= 4 is 0 Å². The third kappa shape index (κ3) is 3.75. The zero-order chi connectivity index (χ0) is 13.7. The van der Waals surface area contributed by atoms with Gasteiger partial charge in [0.25, 0.3) is 0 Å². The van der Waals surface area contributed by atoms with E-state index in [2.05, 4.69) is 5.32 Å². The molecule has 1 aromatic carbocycles. The number of nitrogens with one attached hydrogen (secondary N) is 1. The van der Waals surface area contributed by atoms with E-state index >= 15 is 0 Å². The van der Waals surface area contributed by atoms with Gasteiger partial charge in [0.2, 0.25) is 0 Å². The van der Waals surface area contributed by atoms with Gasteiger partial charge in [0.1, 0.15) is 5.82 Å². The van der Waals surface area contributed by atoms with E-state index < -0.39 is 6.10 Å². The summed E-state index contributed by atoms with van der Waals surface area (Å²) in [5.41, 5.74) is 0.695. The Hall–Kier alpha value is -0.970. The van der Waals surface area contributed by atoms with Gasteiger partial charge in [-0.05, 0) is 30.5 Å². The quantitative estimate of drug-likeness (QED) is 0.739. The van der Waals surface area contributed by atoms with Crippen LogP contribution in [0.15, 0.2) is 24.3 Å². The first kappa shape index (κ1) is 14.4. The number of benzene rings is 1. The summed E-state index contributed by atoms with van der Waals surface area (Å²) in [5, 5.41) is 22.7. The Morgan fingerprint density at radius 2 is 1.84 bits per heavy atom. The van der Waals surface area contributed by atoms with Gasteiger partial charge in [-0.3, -0.25) is 0 Å². The Labute approximate surface area is 113 Å². The highest BCUT2D eigenvalue weighted by molar-refractivity contribution is 5.18. The Bertz CT molecular complexity index is 388. The summed E-state index contributed by atoms with van der Waals surface area (Å²) in [6, 6.07) is 5.90. The van der Waals surface area contributed by atoms with E-state index in [1.807, 2.05) is 0 Å². The largest absolute Gasteiger partial charge is 0.396 e. The fourth-order valence-electron chi connectivity index (χ4n) is 2.79. The van der Waals surface area contributed by atoms with E-state index in [1.54, 1.807) is 12.1 Å². The molecule has 3 N–H and O–H groups in total. The number of rotatable bonds is 6. The van der Waals surface area contributed by atoms with Gasteiger partial charge in [-0.25, -0.2) is 4.39 Å². The van der Waals surface area contributed by atoms with E-state index in [1.165, 1.54) is 25.0 Å². The van der Waals surface area contributed by atoms with Gasteiger partial charge in [-0.2, -0.15) is 0 Å². The molecule has 1 unspecified atom stereocenters. The van der Waals surface area contributed by atoms with Crippen molar-refractivity contribution in [3.05, 3.63) is 35.6 Å². The first-order chi connectivity index (χ1) is 9.15. The SMILES string of the molecule is OCC1(CNCC(O)c2ccc(F)cc2)CCCC1. The number of aliphatic hydroxyl groups excluding tert-OH is 2. The van der Waals surface area contributed by atoms with E-state index in [4.69, 9.17) is 0 Å². The molecule has 1 atom stereocenters. The minimum Gasteiger partial charge on any atom is -0.396 e. The molecular weight excluding hydrogens is 245 g/mol. The van der Waals surface area contributed by atoms with E-state index in [0.717, 1.165) is 19.4 Å². The smallest absolute Gasteiger partial charge is 0.123 e. The topological polar surface area (TPSA) is 52.5 Å². The van der Waals surface area contributed by atoms with Crippen molar-refractivity contribution in [1.29, 1.82) is 0 Å². The second-order valence-corrected chi connectivity index (χ2v) is 5.56. The van der Waals surface area contributed by atoms with Gasteiger partial charge in [0, 0.05) is 25.1 Å². The molecule has 0 spiro atoms. The van der Waals surface area contributed by atoms with E-state index in [-0.39, 0.29) is 17.8 Å². The zero-order valence-corrected chi connectivity index (χ0v) is 11.1. The lowest BCUT2D eigenvalue weighted by atomic mass is 9.87. The first-order valence-corrected chi connectivity index (χ1v) is 6.90. The van der Waals surface area contributed by atoms with Crippen molar-refractivity contribution in [1.82, 2.24) is 5.32 Å². The van der Waals surface area contributed by atoms with Crippen LogP contribution in [0.5, 0.6) is 0 Å². The molecule has 3 nitrogen and oxygen atoms in total. The maximum absolute atomic E-state index is 12.8. The lowest BCUT2D eigenvalue weighted by molar-refractivity contribution is 0.117. The van der Waals surface area contributed by atoms with Gasteiger partial charge in [0.15, 0.2) is 0 Å². The molecule has 2 rings (SSSR count). The Kier molecular flexibility index (Phi) is 4.91. The van der Waals surface area contributed by atoms with Crippen LogP contribution in [-0.4, -0.2) is 29.9 Å². The van der Waals surface area contributed by atoms with Crippen molar-refractivity contribution in [3.8, 4) is 0 Å². The van der Waals surface area contributed by atoms with Crippen LogP contribution in [0.1, 0.15) is 37.4 Å². The lowest BCUT2D eigenvalue weighted by Crippen LogP contribution is -2.37. The monoisotopic (exact) mass is 267 g/mol. The summed E-state index contributed by atoms with van der Waals surface area (Å²) in [5.74, 6) is -0.297. The predicted molar refractivity (Wildman–Crippen MR) is 72.2 cm³/mol. The molecule has 1 saturated carbocycles. The average Bonchev–Trinajstić information content (AvgIpc) is 2.89. The third-order valence-electron chi connectivity index (χ3n) is 4.09. The van der Waals surface area contributed by atoms with Crippen LogP contribution in [-0.2, 0) is 0 Å². The van der Waals surface area contributed by atoms with Crippen LogP contribution >= 0.6 is 0 Å². The van der Waals surface area contributed by atoms with Crippen molar-refractivity contribution in [2.45, 2.75) is 31.8 Å². The molecule has 0 aliphatic heterocycles. The number of aliphatic hydroxyl groups is 2. The van der Waals surface area contributed by atoms with Crippen LogP contribution in [0, 0.1) is 11.2 Å². The molecule has 0 amide bonds. The van der Waals surface area contributed by atoms with E-state index in [9.17, 15) is 14.6 Å². The molecule has 19 heavy (non-hydrogen) atoms. The van der Waals surface area contributed by atoms with Gasteiger partial charge in [-0.1, -0.05) is 25.0 Å². The van der Waals surface area contributed by atoms with Crippen LogP contribution in [0.25, 0.3) is 0 Å². The Morgan fingerprint density at radius 1 is 1.21 bits per heavy atom. The summed E-state index contributed by atoms with van der Waals surface area (Å²) in [6.45, 7) is 1.35. The maximum atomic E-state index is 12.8. The van der Waals surface area contributed by atoms with Crippen LogP contribution in [0.2, 0.25) is 0 Å². The normalized spacial score (nSPS) is 19.5. The summed E-state index contributed by atoms with van der Waals surface area (Å²) in [4.78, 5) is 0. The summed E-state index contributed by atoms with van der Waals surface area (Å²) < 4.78 is 12.8. The molecular formula is C15H22FNO2. The molecule has 0 heterocycles. The molecule has 0 aromatic heterocycles. The van der Waals surface area contributed by atoms with Gasteiger partial charge < -0.3 is 15.5 Å². The molecule has 1 aromatic rings. The summed E-state index contributed by atoms with van der Waals surface area (Å²) >= 11 is 0. The third-order valence-corrected chi connectivity index (χ3v) is 4.09. The average molecular weight is 267 g/mol. The highest BCUT2D eigenvalue weighted by Gasteiger charge is 2.32. The molecule has 0 saturated heterocycles. The number of halogens is 1. The first-order valence-electron chi connectivity index (χ1n) is 6.90. The highest BCUT2D eigenvalue weighted by atomic mass is 19.1. The van der Waals surface area contributed by atoms with Crippen molar-refractivity contribution in [2.75, 3.05) is 19.7 Å². The zero-order valence-electron chi connectivity index (χ0n) is 11.1. The molecule has 1 aliphatic rings. The maximum Gasteiger partial charge on any atom is 0.123 e. The fourth-order valence-corrected chi connectivity index (χ4v) is 2.79. The van der Waals surface area contributed by atoms with Crippen LogP contribution < -0.4 is 5.32 Å². The van der Waals surface area contributed by atoms with Gasteiger partial charge in [-0.15, -0.1) is 0 Å². The Morgan fingerprint density at radius 3 is 2.42 bits per heavy atom. The lowest BCUT2D eigenvalue weighted by Gasteiger charge is -2.27. The predicted octanol–water partition coefficient (Wildman–Crippen LogP) is 2.00. The minimum atomic E-state index is -0.641. The van der Waals surface area contributed by atoms with Gasteiger partial charge >= 0.3 is 0 Å².